The van der Waals surface area contributed by atoms with Gasteiger partial charge in [0.05, 0.1) is 5.56 Å². The lowest BCUT2D eigenvalue weighted by molar-refractivity contribution is -0.121. The molecular weight excluding hydrogens is 314 g/mol. The predicted molar refractivity (Wildman–Crippen MR) is 80.9 cm³/mol. The summed E-state index contributed by atoms with van der Waals surface area (Å²) in [5.74, 6) is -1.99. The van der Waals surface area contributed by atoms with Gasteiger partial charge >= 0.3 is 0 Å². The average Bonchev–Trinajstić information content (AvgIpc) is 3.26. The fourth-order valence-corrected chi connectivity index (χ4v) is 2.22. The van der Waals surface area contributed by atoms with Crippen LogP contribution in [-0.4, -0.2) is 24.3 Å². The second kappa shape index (κ2) is 8.19. The van der Waals surface area contributed by atoms with Gasteiger partial charge in [-0.15, -0.1) is 12.4 Å². The maximum atomic E-state index is 13.4. The topological polar surface area (TPSA) is 72.2 Å². The Hall–Kier alpha value is -1.53. The average molecular weight is 333 g/mol. The van der Waals surface area contributed by atoms with Crippen LogP contribution in [0, 0.1) is 17.6 Å². The summed E-state index contributed by atoms with van der Waals surface area (Å²) in [5, 5.41) is 2.79. The van der Waals surface area contributed by atoms with Crippen LogP contribution in [0.4, 0.5) is 8.78 Å². The summed E-state index contributed by atoms with van der Waals surface area (Å²) in [4.78, 5) is 23.6. The van der Waals surface area contributed by atoms with E-state index in [1.54, 1.807) is 0 Å². The number of rotatable bonds is 7. The highest BCUT2D eigenvalue weighted by Crippen LogP contribution is 2.32. The van der Waals surface area contributed by atoms with E-state index in [0.717, 1.165) is 25.0 Å². The van der Waals surface area contributed by atoms with Gasteiger partial charge in [-0.2, -0.15) is 0 Å². The van der Waals surface area contributed by atoms with Gasteiger partial charge in [0.1, 0.15) is 11.6 Å². The lowest BCUT2D eigenvalue weighted by Gasteiger charge is -2.15. The van der Waals surface area contributed by atoms with Crippen molar-refractivity contribution >= 4 is 24.1 Å². The molecule has 1 aliphatic carbocycles. The SMILES string of the molecule is Cl.NCC(NC(=O)CCC(=O)c1ccc(F)cc1F)C1CC1. The Morgan fingerprint density at radius 1 is 1.27 bits per heavy atom. The third-order valence-corrected chi connectivity index (χ3v) is 3.60. The highest BCUT2D eigenvalue weighted by molar-refractivity contribution is 5.98. The van der Waals surface area contributed by atoms with Crippen LogP contribution in [0.3, 0.4) is 0 Å². The Bertz CT molecular complexity index is 550. The molecule has 0 spiro atoms. The minimum atomic E-state index is -0.904. The Balaban J connectivity index is 0.00000242. The molecule has 0 bridgehead atoms. The molecule has 0 heterocycles. The normalized spacial score (nSPS) is 14.9. The molecule has 1 atom stereocenters. The highest BCUT2D eigenvalue weighted by atomic mass is 35.5. The summed E-state index contributed by atoms with van der Waals surface area (Å²) in [6, 6.07) is 2.73. The second-order valence-electron chi connectivity index (χ2n) is 5.29. The number of hydrogen-bond acceptors (Lipinski definition) is 3. The molecule has 1 aliphatic rings. The van der Waals surface area contributed by atoms with Gasteiger partial charge in [-0.1, -0.05) is 0 Å². The van der Waals surface area contributed by atoms with Crippen molar-refractivity contribution in [2.24, 2.45) is 11.7 Å². The van der Waals surface area contributed by atoms with E-state index in [-0.39, 0.29) is 42.8 Å². The van der Waals surface area contributed by atoms with Gasteiger partial charge < -0.3 is 11.1 Å². The Labute approximate surface area is 133 Å². The molecule has 1 saturated carbocycles. The number of hydrogen-bond donors (Lipinski definition) is 2. The molecule has 3 N–H and O–H groups in total. The molecule has 1 fully saturated rings. The molecule has 1 amide bonds. The van der Waals surface area contributed by atoms with E-state index in [4.69, 9.17) is 5.73 Å². The molecule has 7 heteroatoms. The molecule has 0 aromatic heterocycles. The molecule has 1 unspecified atom stereocenters. The van der Waals surface area contributed by atoms with Crippen molar-refractivity contribution in [2.45, 2.75) is 31.7 Å². The fourth-order valence-electron chi connectivity index (χ4n) is 2.22. The Morgan fingerprint density at radius 3 is 2.50 bits per heavy atom. The molecule has 2 rings (SSSR count). The van der Waals surface area contributed by atoms with Crippen LogP contribution >= 0.6 is 12.4 Å². The molecular formula is C15H19ClF2N2O2. The number of nitrogens with one attached hydrogen (secondary N) is 1. The smallest absolute Gasteiger partial charge is 0.220 e. The summed E-state index contributed by atoms with van der Waals surface area (Å²) >= 11 is 0. The van der Waals surface area contributed by atoms with Crippen LogP contribution in [0.5, 0.6) is 0 Å². The van der Waals surface area contributed by atoms with E-state index in [1.807, 2.05) is 0 Å². The summed E-state index contributed by atoms with van der Waals surface area (Å²) in [6.45, 7) is 0.372. The first kappa shape index (κ1) is 18.5. The maximum absolute atomic E-state index is 13.4. The first-order valence-electron chi connectivity index (χ1n) is 6.99. The van der Waals surface area contributed by atoms with Gasteiger partial charge in [0.15, 0.2) is 5.78 Å². The predicted octanol–water partition coefficient (Wildman–Crippen LogP) is 2.20. The second-order valence-corrected chi connectivity index (χ2v) is 5.29. The molecule has 1 aromatic rings. The first-order chi connectivity index (χ1) is 10.0. The van der Waals surface area contributed by atoms with Gasteiger partial charge in [-0.3, -0.25) is 9.59 Å². The van der Waals surface area contributed by atoms with E-state index in [0.29, 0.717) is 18.5 Å². The molecule has 0 saturated heterocycles. The minimum Gasteiger partial charge on any atom is -0.352 e. The maximum Gasteiger partial charge on any atom is 0.220 e. The first-order valence-corrected chi connectivity index (χ1v) is 6.99. The molecule has 122 valence electrons. The molecule has 0 radical (unpaired) electrons. The summed E-state index contributed by atoms with van der Waals surface area (Å²) in [7, 11) is 0. The third-order valence-electron chi connectivity index (χ3n) is 3.60. The van der Waals surface area contributed by atoms with Crippen molar-refractivity contribution in [1.29, 1.82) is 0 Å². The number of ketones is 1. The number of benzene rings is 1. The summed E-state index contributed by atoms with van der Waals surface area (Å²) in [6.07, 6.45) is 1.97. The summed E-state index contributed by atoms with van der Waals surface area (Å²) in [5.41, 5.74) is 5.38. The number of Topliss-reactive ketones (excluding diaryl/α,β-unsaturated/α-hetero) is 1. The van der Waals surface area contributed by atoms with E-state index < -0.39 is 17.4 Å². The van der Waals surface area contributed by atoms with Crippen molar-refractivity contribution in [2.75, 3.05) is 6.54 Å². The molecule has 1 aromatic carbocycles. The van der Waals surface area contributed by atoms with Gasteiger partial charge in [0, 0.05) is 31.5 Å². The van der Waals surface area contributed by atoms with Crippen LogP contribution in [0.25, 0.3) is 0 Å². The van der Waals surface area contributed by atoms with E-state index in [2.05, 4.69) is 5.32 Å². The monoisotopic (exact) mass is 332 g/mol. The summed E-state index contributed by atoms with van der Waals surface area (Å²) < 4.78 is 26.2. The van der Waals surface area contributed by atoms with Crippen molar-refractivity contribution in [3.8, 4) is 0 Å². The number of amides is 1. The quantitative estimate of drug-likeness (QED) is 0.752. The minimum absolute atomic E-state index is 0. The van der Waals surface area contributed by atoms with Gasteiger partial charge in [-0.05, 0) is 30.9 Å². The number of halogens is 3. The number of carbonyl (C=O) groups is 2. The van der Waals surface area contributed by atoms with Gasteiger partial charge in [-0.25, -0.2) is 8.78 Å². The Kier molecular flexibility index (Phi) is 6.90. The zero-order valence-corrected chi connectivity index (χ0v) is 12.8. The van der Waals surface area contributed by atoms with Gasteiger partial charge in [0.2, 0.25) is 5.91 Å². The number of carbonyl (C=O) groups excluding carboxylic acids is 2. The fraction of sp³-hybridized carbons (Fsp3) is 0.467. The van der Waals surface area contributed by atoms with Crippen LogP contribution in [-0.2, 0) is 4.79 Å². The Morgan fingerprint density at radius 2 is 1.95 bits per heavy atom. The lowest BCUT2D eigenvalue weighted by atomic mass is 10.1. The van der Waals surface area contributed by atoms with Crippen LogP contribution in [0.15, 0.2) is 18.2 Å². The zero-order chi connectivity index (χ0) is 15.4. The third kappa shape index (κ3) is 5.03. The largest absolute Gasteiger partial charge is 0.352 e. The van der Waals surface area contributed by atoms with Crippen molar-refractivity contribution < 1.29 is 18.4 Å². The zero-order valence-electron chi connectivity index (χ0n) is 12.0. The van der Waals surface area contributed by atoms with E-state index in [9.17, 15) is 18.4 Å². The standard InChI is InChI=1S/C15H18F2N2O2.ClH/c16-10-3-4-11(12(17)7-10)14(20)5-6-15(21)19-13(8-18)9-1-2-9;/h3-4,7,9,13H,1-2,5-6,8,18H2,(H,19,21);1H. The van der Waals surface area contributed by atoms with E-state index >= 15 is 0 Å². The van der Waals surface area contributed by atoms with Crippen LogP contribution < -0.4 is 11.1 Å². The van der Waals surface area contributed by atoms with Crippen molar-refractivity contribution in [1.82, 2.24) is 5.32 Å². The molecule has 22 heavy (non-hydrogen) atoms. The highest BCUT2D eigenvalue weighted by Gasteiger charge is 2.31. The van der Waals surface area contributed by atoms with E-state index in [1.165, 1.54) is 0 Å². The van der Waals surface area contributed by atoms with Gasteiger partial charge in [0.25, 0.3) is 0 Å². The molecule has 0 aliphatic heterocycles. The van der Waals surface area contributed by atoms with Crippen LogP contribution in [0.1, 0.15) is 36.0 Å². The molecule has 4 nitrogen and oxygen atoms in total. The van der Waals surface area contributed by atoms with Crippen LogP contribution in [0.2, 0.25) is 0 Å². The van der Waals surface area contributed by atoms with Crippen molar-refractivity contribution in [3.05, 3.63) is 35.4 Å². The number of nitrogens with two attached hydrogens (primary N) is 1. The van der Waals surface area contributed by atoms with Crippen molar-refractivity contribution in [3.63, 3.8) is 0 Å². The lowest BCUT2D eigenvalue weighted by Crippen LogP contribution is -2.41.